The molecule has 8 heteroatoms. The first kappa shape index (κ1) is 20.5. The minimum atomic E-state index is -4.43. The van der Waals surface area contributed by atoms with Gasteiger partial charge in [0.2, 0.25) is 6.41 Å². The fourth-order valence-corrected chi connectivity index (χ4v) is 3.66. The van der Waals surface area contributed by atoms with E-state index in [4.69, 9.17) is 0 Å². The Morgan fingerprint density at radius 1 is 1.00 bits per heavy atom. The number of anilines is 2. The monoisotopic (exact) mass is 426 g/mol. The quantitative estimate of drug-likeness (QED) is 0.463. The molecule has 31 heavy (non-hydrogen) atoms. The number of nitrogens with zero attached hydrogens (tertiary/aromatic N) is 1. The van der Waals surface area contributed by atoms with Crippen molar-refractivity contribution in [2.24, 2.45) is 0 Å². The highest BCUT2D eigenvalue weighted by Crippen LogP contribution is 2.35. The number of fused-ring (bicyclic) bond motifs is 1. The lowest BCUT2D eigenvalue weighted by atomic mass is 9.93. The van der Waals surface area contributed by atoms with E-state index in [1.807, 2.05) is 0 Å². The van der Waals surface area contributed by atoms with Crippen molar-refractivity contribution in [1.82, 2.24) is 0 Å². The SMILES string of the molecule is O=CNc1cc(N2CCc3cc(-c4cccc(C(F)(F)F)c4)ccc3C2=O)ccc1O. The minimum absolute atomic E-state index is 0.119. The number of carbonyl (C=O) groups excluding carboxylic acids is 2. The number of benzene rings is 3. The van der Waals surface area contributed by atoms with Gasteiger partial charge in [-0.05, 0) is 59.5 Å². The molecule has 0 radical (unpaired) electrons. The van der Waals surface area contributed by atoms with Crippen LogP contribution in [0.4, 0.5) is 24.5 Å². The molecule has 2 amide bonds. The molecule has 0 bridgehead atoms. The molecular formula is C23H17F3N2O3. The fourth-order valence-electron chi connectivity index (χ4n) is 3.66. The summed E-state index contributed by atoms with van der Waals surface area (Å²) in [5.41, 5.74) is 2.22. The highest BCUT2D eigenvalue weighted by Gasteiger charge is 2.31. The summed E-state index contributed by atoms with van der Waals surface area (Å²) < 4.78 is 39.1. The lowest BCUT2D eigenvalue weighted by Crippen LogP contribution is -2.37. The molecular weight excluding hydrogens is 409 g/mol. The number of phenols is 1. The lowest BCUT2D eigenvalue weighted by molar-refractivity contribution is -0.137. The molecule has 2 N–H and O–H groups in total. The van der Waals surface area contributed by atoms with E-state index in [9.17, 15) is 27.9 Å². The highest BCUT2D eigenvalue weighted by atomic mass is 19.4. The Kier molecular flexibility index (Phi) is 5.14. The molecule has 1 heterocycles. The average molecular weight is 426 g/mol. The van der Waals surface area contributed by atoms with Crippen LogP contribution in [-0.4, -0.2) is 24.0 Å². The van der Waals surface area contributed by atoms with Crippen LogP contribution in [0, 0.1) is 0 Å². The Hall–Kier alpha value is -3.81. The van der Waals surface area contributed by atoms with Gasteiger partial charge >= 0.3 is 6.18 Å². The molecule has 3 aromatic carbocycles. The molecule has 1 aliphatic rings. The smallest absolute Gasteiger partial charge is 0.416 e. The van der Waals surface area contributed by atoms with Crippen LogP contribution >= 0.6 is 0 Å². The van der Waals surface area contributed by atoms with Crippen LogP contribution < -0.4 is 10.2 Å². The van der Waals surface area contributed by atoms with Crippen LogP contribution in [0.15, 0.2) is 60.7 Å². The molecule has 3 aromatic rings. The minimum Gasteiger partial charge on any atom is -0.506 e. The summed E-state index contributed by atoms with van der Waals surface area (Å²) >= 11 is 0. The highest BCUT2D eigenvalue weighted by molar-refractivity contribution is 6.08. The Bertz CT molecular complexity index is 1170. The van der Waals surface area contributed by atoms with E-state index in [1.165, 1.54) is 23.1 Å². The van der Waals surface area contributed by atoms with Crippen molar-refractivity contribution in [2.75, 3.05) is 16.8 Å². The van der Waals surface area contributed by atoms with Gasteiger partial charge in [-0.15, -0.1) is 0 Å². The number of halogens is 3. The summed E-state index contributed by atoms with van der Waals surface area (Å²) in [5, 5.41) is 12.2. The molecule has 0 unspecified atom stereocenters. The van der Waals surface area contributed by atoms with Crippen molar-refractivity contribution in [3.05, 3.63) is 77.4 Å². The molecule has 5 nitrogen and oxygen atoms in total. The van der Waals surface area contributed by atoms with Crippen LogP contribution in [0.2, 0.25) is 0 Å². The maximum Gasteiger partial charge on any atom is 0.416 e. The molecule has 0 aromatic heterocycles. The second-order valence-electron chi connectivity index (χ2n) is 7.12. The number of phenolic OH excluding ortho intramolecular Hbond substituents is 1. The third-order valence-electron chi connectivity index (χ3n) is 5.22. The molecule has 0 spiro atoms. The number of hydrogen-bond donors (Lipinski definition) is 2. The fraction of sp³-hybridized carbons (Fsp3) is 0.130. The Labute approximate surface area is 175 Å². The Morgan fingerprint density at radius 2 is 1.77 bits per heavy atom. The molecule has 0 saturated heterocycles. The Balaban J connectivity index is 1.65. The van der Waals surface area contributed by atoms with Gasteiger partial charge in [-0.1, -0.05) is 24.3 Å². The lowest BCUT2D eigenvalue weighted by Gasteiger charge is -2.29. The van der Waals surface area contributed by atoms with Gasteiger partial charge in [-0.3, -0.25) is 9.59 Å². The zero-order chi connectivity index (χ0) is 22.2. The van der Waals surface area contributed by atoms with Crippen LogP contribution in [-0.2, 0) is 17.4 Å². The van der Waals surface area contributed by atoms with Crippen LogP contribution in [0.5, 0.6) is 5.75 Å². The summed E-state index contributed by atoms with van der Waals surface area (Å²) in [6, 6.07) is 14.5. The molecule has 0 aliphatic carbocycles. The normalized spacial score (nSPS) is 13.6. The number of hydrogen-bond acceptors (Lipinski definition) is 3. The van der Waals surface area contributed by atoms with Crippen LogP contribution in [0.3, 0.4) is 0 Å². The van der Waals surface area contributed by atoms with E-state index in [-0.39, 0.29) is 17.3 Å². The van der Waals surface area contributed by atoms with Gasteiger partial charge in [0.25, 0.3) is 5.91 Å². The predicted molar refractivity (Wildman–Crippen MR) is 110 cm³/mol. The molecule has 158 valence electrons. The maximum absolute atomic E-state index is 13.0. The van der Waals surface area contributed by atoms with E-state index in [0.29, 0.717) is 41.8 Å². The zero-order valence-electron chi connectivity index (χ0n) is 16.1. The van der Waals surface area contributed by atoms with Gasteiger partial charge in [0.1, 0.15) is 5.75 Å². The molecule has 4 rings (SSSR count). The molecule has 0 fully saturated rings. The Morgan fingerprint density at radius 3 is 2.52 bits per heavy atom. The summed E-state index contributed by atoms with van der Waals surface area (Å²) in [6.07, 6.45) is -3.49. The van der Waals surface area contributed by atoms with Crippen LogP contribution in [0.1, 0.15) is 21.5 Å². The summed E-state index contributed by atoms with van der Waals surface area (Å²) in [4.78, 5) is 25.3. The topological polar surface area (TPSA) is 69.6 Å². The summed E-state index contributed by atoms with van der Waals surface area (Å²) in [6.45, 7) is 0.350. The first-order chi connectivity index (χ1) is 14.8. The van der Waals surface area contributed by atoms with E-state index < -0.39 is 11.7 Å². The standard InChI is InChI=1S/C23H17F3N2O3/c24-23(25,26)17-3-1-2-14(11-17)15-4-6-19-16(10-15)8-9-28(22(19)31)18-5-7-21(30)20(12-18)27-13-29/h1-7,10-13,30H,8-9H2,(H,27,29). The molecule has 0 atom stereocenters. The second-order valence-corrected chi connectivity index (χ2v) is 7.12. The summed E-state index contributed by atoms with van der Waals surface area (Å²) in [5.74, 6) is -0.383. The van der Waals surface area contributed by atoms with Gasteiger partial charge in [0.05, 0.1) is 11.3 Å². The number of carbonyl (C=O) groups is 2. The van der Waals surface area contributed by atoms with Gasteiger partial charge in [0.15, 0.2) is 0 Å². The first-order valence-corrected chi connectivity index (χ1v) is 9.43. The third kappa shape index (κ3) is 3.96. The number of aromatic hydroxyl groups is 1. The maximum atomic E-state index is 13.0. The van der Waals surface area contributed by atoms with Crippen molar-refractivity contribution < 1.29 is 27.9 Å². The van der Waals surface area contributed by atoms with Crippen molar-refractivity contribution in [2.45, 2.75) is 12.6 Å². The number of nitrogens with one attached hydrogen (secondary N) is 1. The second kappa shape index (κ2) is 7.79. The van der Waals surface area contributed by atoms with Crippen molar-refractivity contribution in [3.8, 4) is 16.9 Å². The van der Waals surface area contributed by atoms with Crippen molar-refractivity contribution in [3.63, 3.8) is 0 Å². The largest absolute Gasteiger partial charge is 0.506 e. The van der Waals surface area contributed by atoms with E-state index in [1.54, 1.807) is 30.3 Å². The van der Waals surface area contributed by atoms with E-state index in [0.717, 1.165) is 17.7 Å². The predicted octanol–water partition coefficient (Wildman–Crippen LogP) is 4.85. The molecule has 1 aliphatic heterocycles. The third-order valence-corrected chi connectivity index (χ3v) is 5.22. The molecule has 0 saturated carbocycles. The number of rotatable bonds is 4. The number of amides is 2. The zero-order valence-corrected chi connectivity index (χ0v) is 16.1. The van der Waals surface area contributed by atoms with E-state index >= 15 is 0 Å². The van der Waals surface area contributed by atoms with Crippen molar-refractivity contribution in [1.29, 1.82) is 0 Å². The van der Waals surface area contributed by atoms with Gasteiger partial charge in [-0.2, -0.15) is 13.2 Å². The summed E-state index contributed by atoms with van der Waals surface area (Å²) in [7, 11) is 0. The van der Waals surface area contributed by atoms with Gasteiger partial charge in [0, 0.05) is 17.8 Å². The average Bonchev–Trinajstić information content (AvgIpc) is 2.75. The van der Waals surface area contributed by atoms with Gasteiger partial charge < -0.3 is 15.3 Å². The van der Waals surface area contributed by atoms with Crippen LogP contribution in [0.25, 0.3) is 11.1 Å². The number of alkyl halides is 3. The van der Waals surface area contributed by atoms with Crippen molar-refractivity contribution >= 4 is 23.7 Å². The first-order valence-electron chi connectivity index (χ1n) is 9.43. The van der Waals surface area contributed by atoms with Gasteiger partial charge in [-0.25, -0.2) is 0 Å². The van der Waals surface area contributed by atoms with E-state index in [2.05, 4.69) is 5.32 Å².